The predicted molar refractivity (Wildman–Crippen MR) is 146 cm³/mol. The number of hydrazine groups is 1. The highest BCUT2D eigenvalue weighted by Crippen LogP contribution is 2.23. The van der Waals surface area contributed by atoms with Crippen molar-refractivity contribution >= 4 is 45.6 Å². The molecule has 2 aromatic heterocycles. The Hall–Kier alpha value is -3.54. The molecule has 7 nitrogen and oxygen atoms in total. The number of carboxylic acids is 1. The average molecular weight is 550 g/mol. The molecule has 0 radical (unpaired) electrons. The molecule has 1 amide bonds. The number of thioether (sulfide) groups is 1. The van der Waals surface area contributed by atoms with Crippen molar-refractivity contribution in [2.75, 3.05) is 13.1 Å². The lowest BCUT2D eigenvalue weighted by Crippen LogP contribution is -2.45. The summed E-state index contributed by atoms with van der Waals surface area (Å²) < 4.78 is 0. The molecule has 188 valence electrons. The van der Waals surface area contributed by atoms with Gasteiger partial charge in [-0.25, -0.2) is 9.80 Å². The van der Waals surface area contributed by atoms with Crippen molar-refractivity contribution in [1.82, 2.24) is 10.0 Å². The summed E-state index contributed by atoms with van der Waals surface area (Å²) in [7, 11) is 0. The van der Waals surface area contributed by atoms with Crippen molar-refractivity contribution in [3.05, 3.63) is 90.8 Å². The second-order valence-corrected chi connectivity index (χ2v) is 11.1. The molecule has 37 heavy (non-hydrogen) atoms. The molecule has 1 aliphatic rings. The number of rotatable bonds is 9. The van der Waals surface area contributed by atoms with E-state index < -0.39 is 12.1 Å². The van der Waals surface area contributed by atoms with Crippen LogP contribution in [0.1, 0.15) is 42.5 Å². The first-order chi connectivity index (χ1) is 17.9. The van der Waals surface area contributed by atoms with Crippen LogP contribution in [0.3, 0.4) is 0 Å². The maximum Gasteiger partial charge on any atom is 0.345 e. The maximum atomic E-state index is 12.5. The molecule has 3 heterocycles. The Morgan fingerprint density at radius 3 is 2.78 bits per heavy atom. The van der Waals surface area contributed by atoms with Crippen LogP contribution in [0.4, 0.5) is 4.79 Å². The number of hydrogen-bond donors (Lipinski definition) is 2. The number of carboxylic acid groups (broad SMARTS) is 1. The molecule has 1 unspecified atom stereocenters. The fraction of sp³-hybridized carbons (Fsp3) is 0.222. The van der Waals surface area contributed by atoms with E-state index in [9.17, 15) is 14.7 Å². The van der Waals surface area contributed by atoms with E-state index in [2.05, 4.69) is 17.9 Å². The molecule has 0 saturated heterocycles. The van der Waals surface area contributed by atoms with Gasteiger partial charge in [0.05, 0.1) is 11.7 Å². The number of carbonyl (C=O) groups excluding carboxylic acids is 1. The zero-order valence-electron chi connectivity index (χ0n) is 19.7. The largest absolute Gasteiger partial charge is 0.477 e. The Labute approximate surface area is 227 Å². The molecule has 1 aliphatic heterocycles. The number of benzene rings is 1. The van der Waals surface area contributed by atoms with Gasteiger partial charge in [-0.15, -0.1) is 22.7 Å². The highest BCUT2D eigenvalue weighted by molar-refractivity contribution is 8.16. The summed E-state index contributed by atoms with van der Waals surface area (Å²) in [4.78, 5) is 25.4. The lowest BCUT2D eigenvalue weighted by molar-refractivity contribution is 0.0548. The minimum absolute atomic E-state index is 0.108. The maximum absolute atomic E-state index is 12.5. The monoisotopic (exact) mass is 549 g/mol. The Morgan fingerprint density at radius 2 is 2.00 bits per heavy atom. The van der Waals surface area contributed by atoms with Crippen molar-refractivity contribution in [3.63, 3.8) is 0 Å². The van der Waals surface area contributed by atoms with Crippen LogP contribution < -0.4 is 0 Å². The van der Waals surface area contributed by atoms with Crippen LogP contribution in [-0.4, -0.2) is 50.6 Å². The SMILES string of the molecule is N#Cc1sccc1C#Cc1cccc(CC(O)CCN2C=CSC(=O)N2CCc2ccc(C(=O)O)s2)c1. The van der Waals surface area contributed by atoms with Crippen LogP contribution in [0.15, 0.2) is 59.5 Å². The van der Waals surface area contributed by atoms with E-state index in [0.717, 1.165) is 27.8 Å². The van der Waals surface area contributed by atoms with Gasteiger partial charge in [-0.05, 0) is 71.3 Å². The van der Waals surface area contributed by atoms with Crippen LogP contribution in [-0.2, 0) is 12.8 Å². The number of aliphatic hydroxyl groups is 1. The van der Waals surface area contributed by atoms with E-state index in [-0.39, 0.29) is 10.1 Å². The number of thiophene rings is 2. The van der Waals surface area contributed by atoms with Gasteiger partial charge in [0.1, 0.15) is 15.8 Å². The van der Waals surface area contributed by atoms with Gasteiger partial charge in [-0.2, -0.15) is 5.26 Å². The summed E-state index contributed by atoms with van der Waals surface area (Å²) in [6.45, 7) is 0.883. The van der Waals surface area contributed by atoms with Crippen LogP contribution in [0.2, 0.25) is 0 Å². The van der Waals surface area contributed by atoms with Gasteiger partial charge in [0.25, 0.3) is 0 Å². The van der Waals surface area contributed by atoms with E-state index in [0.29, 0.717) is 42.8 Å². The van der Waals surface area contributed by atoms with Gasteiger partial charge in [0, 0.05) is 36.2 Å². The van der Waals surface area contributed by atoms with Gasteiger partial charge < -0.3 is 10.2 Å². The molecule has 0 aliphatic carbocycles. The third-order valence-corrected chi connectivity index (χ3v) is 8.19. The number of hydrogen-bond acceptors (Lipinski definition) is 8. The second kappa shape index (κ2) is 12.6. The Morgan fingerprint density at radius 1 is 1.14 bits per heavy atom. The summed E-state index contributed by atoms with van der Waals surface area (Å²) in [6, 6.07) is 15.0. The van der Waals surface area contributed by atoms with Crippen molar-refractivity contribution in [2.24, 2.45) is 0 Å². The summed E-state index contributed by atoms with van der Waals surface area (Å²) in [6.07, 6.45) is 2.67. The number of carbonyl (C=O) groups is 2. The van der Waals surface area contributed by atoms with Crippen LogP contribution in [0.25, 0.3) is 0 Å². The van der Waals surface area contributed by atoms with E-state index in [4.69, 9.17) is 10.4 Å². The van der Waals surface area contributed by atoms with Crippen LogP contribution in [0.5, 0.6) is 0 Å². The third-order valence-electron chi connectivity index (χ3n) is 5.56. The lowest BCUT2D eigenvalue weighted by atomic mass is 10.0. The molecule has 2 N–H and O–H groups in total. The number of amides is 1. The molecule has 0 bridgehead atoms. The molecule has 3 aromatic rings. The first kappa shape index (κ1) is 26.5. The lowest BCUT2D eigenvalue weighted by Gasteiger charge is -2.36. The number of nitriles is 1. The zero-order valence-corrected chi connectivity index (χ0v) is 22.1. The smallest absolute Gasteiger partial charge is 0.345 e. The molecule has 0 saturated carbocycles. The standard InChI is InChI=1S/C27H23N3O4S3/c28-18-25-21(10-14-35-25)5-4-19-2-1-3-20(16-19)17-22(31)8-11-29-13-15-36-27(34)30(29)12-9-23-6-7-24(37-23)26(32)33/h1-3,6-7,10,13-16,22,31H,8-9,11-12,17H2,(H,32,33). The quantitative estimate of drug-likeness (QED) is 0.355. The van der Waals surface area contributed by atoms with Crippen LogP contribution >= 0.6 is 34.4 Å². The van der Waals surface area contributed by atoms with Gasteiger partial charge >= 0.3 is 11.2 Å². The molecular formula is C27H23N3O4S3. The van der Waals surface area contributed by atoms with Gasteiger partial charge in [-0.1, -0.05) is 24.0 Å². The molecule has 0 spiro atoms. The molecule has 0 fully saturated rings. The Balaban J connectivity index is 1.32. The fourth-order valence-corrected chi connectivity index (χ4v) is 5.84. The molecule has 10 heteroatoms. The second-order valence-electron chi connectivity index (χ2n) is 8.15. The van der Waals surface area contributed by atoms with Crippen molar-refractivity contribution in [1.29, 1.82) is 5.26 Å². The first-order valence-electron chi connectivity index (χ1n) is 11.4. The summed E-state index contributed by atoms with van der Waals surface area (Å²) >= 11 is 3.68. The highest BCUT2D eigenvalue weighted by Gasteiger charge is 2.23. The minimum Gasteiger partial charge on any atom is -0.477 e. The van der Waals surface area contributed by atoms with Gasteiger partial charge in [0.2, 0.25) is 0 Å². The highest BCUT2D eigenvalue weighted by atomic mass is 32.2. The Kier molecular flexibility index (Phi) is 9.04. The summed E-state index contributed by atoms with van der Waals surface area (Å²) in [5.41, 5.74) is 2.48. The Bertz CT molecular complexity index is 1410. The van der Waals surface area contributed by atoms with E-state index in [1.165, 1.54) is 22.7 Å². The normalized spacial score (nSPS) is 13.7. The van der Waals surface area contributed by atoms with Gasteiger partial charge in [-0.3, -0.25) is 9.80 Å². The van der Waals surface area contributed by atoms with Crippen molar-refractivity contribution < 1.29 is 19.8 Å². The number of aliphatic hydroxyl groups excluding tert-OH is 1. The topological polar surface area (TPSA) is 105 Å². The van der Waals surface area contributed by atoms with Gasteiger partial charge in [0.15, 0.2) is 0 Å². The van der Waals surface area contributed by atoms with E-state index in [1.54, 1.807) is 22.5 Å². The number of aromatic carboxylic acids is 1. The van der Waals surface area contributed by atoms with Crippen molar-refractivity contribution in [2.45, 2.75) is 25.4 Å². The van der Waals surface area contributed by atoms with E-state index >= 15 is 0 Å². The van der Waals surface area contributed by atoms with E-state index in [1.807, 2.05) is 46.9 Å². The molecular weight excluding hydrogens is 527 g/mol. The fourth-order valence-electron chi connectivity index (χ4n) is 3.73. The average Bonchev–Trinajstić information content (AvgIpc) is 3.55. The van der Waals surface area contributed by atoms with Crippen molar-refractivity contribution in [3.8, 4) is 17.9 Å². The minimum atomic E-state index is -0.951. The summed E-state index contributed by atoms with van der Waals surface area (Å²) in [5, 5.41) is 35.9. The first-order valence-corrected chi connectivity index (χ1v) is 14.0. The molecule has 1 atom stereocenters. The number of nitrogens with zero attached hydrogens (tertiary/aromatic N) is 3. The summed E-state index contributed by atoms with van der Waals surface area (Å²) in [5.74, 6) is 5.18. The third kappa shape index (κ3) is 7.25. The predicted octanol–water partition coefficient (Wildman–Crippen LogP) is 5.17. The molecule has 4 rings (SSSR count). The zero-order chi connectivity index (χ0) is 26.2. The molecule has 1 aromatic carbocycles. The van der Waals surface area contributed by atoms with Crippen LogP contribution in [0, 0.1) is 23.2 Å².